The number of thioether (sulfide) groups is 1. The first kappa shape index (κ1) is 31.6. The van der Waals surface area contributed by atoms with Crippen LogP contribution < -0.4 is 29.6 Å². The standard InChI is InChI=1S/C29H34N6O6S2/c1-5-38-21-11-9-20(10-12-21)35-24(33-34-29(35)43-18-25(36)32-28-30-13-14-42-28)17-31-27(37)19-15-22(39-6-2)26(41-8-4)23(16-19)40-7-3/h9-16H,5-8,17-18H2,1-4H3,(H,31,37)(H,30,32,36). The number of amides is 2. The number of benzene rings is 2. The van der Waals surface area contributed by atoms with Gasteiger partial charge in [0.1, 0.15) is 5.75 Å². The number of thiazole rings is 1. The Morgan fingerprint density at radius 3 is 2.19 bits per heavy atom. The van der Waals surface area contributed by atoms with E-state index in [0.29, 0.717) is 65.4 Å². The number of hydrogen-bond donors (Lipinski definition) is 2. The van der Waals surface area contributed by atoms with Crippen LogP contribution >= 0.6 is 23.1 Å². The van der Waals surface area contributed by atoms with Crippen molar-refractivity contribution in [1.29, 1.82) is 0 Å². The molecular formula is C29H34N6O6S2. The number of hydrogen-bond acceptors (Lipinski definition) is 11. The van der Waals surface area contributed by atoms with Gasteiger partial charge in [-0.2, -0.15) is 0 Å². The highest BCUT2D eigenvalue weighted by atomic mass is 32.2. The van der Waals surface area contributed by atoms with Crippen LogP contribution in [0, 0.1) is 0 Å². The number of nitrogens with zero attached hydrogens (tertiary/aromatic N) is 4. The van der Waals surface area contributed by atoms with Gasteiger partial charge in [0.2, 0.25) is 11.7 Å². The lowest BCUT2D eigenvalue weighted by molar-refractivity contribution is -0.113. The molecule has 2 heterocycles. The summed E-state index contributed by atoms with van der Waals surface area (Å²) in [5.41, 5.74) is 1.09. The minimum absolute atomic E-state index is 0.0616. The number of carbonyl (C=O) groups is 2. The summed E-state index contributed by atoms with van der Waals surface area (Å²) in [4.78, 5) is 29.9. The summed E-state index contributed by atoms with van der Waals surface area (Å²) in [5.74, 6) is 2.01. The van der Waals surface area contributed by atoms with E-state index in [1.54, 1.807) is 28.3 Å². The third kappa shape index (κ3) is 8.38. The molecule has 228 valence electrons. The maximum atomic E-state index is 13.3. The van der Waals surface area contributed by atoms with Crippen LogP contribution in [0.2, 0.25) is 0 Å². The first-order valence-corrected chi connectivity index (χ1v) is 15.7. The predicted molar refractivity (Wildman–Crippen MR) is 165 cm³/mol. The summed E-state index contributed by atoms with van der Waals surface area (Å²) in [6, 6.07) is 10.7. The van der Waals surface area contributed by atoms with Crippen molar-refractivity contribution in [2.75, 3.05) is 37.5 Å². The van der Waals surface area contributed by atoms with Crippen molar-refractivity contribution in [3.05, 3.63) is 59.4 Å². The summed E-state index contributed by atoms with van der Waals surface area (Å²) in [6.45, 7) is 9.30. The SMILES string of the molecule is CCOc1ccc(-n2c(CNC(=O)c3cc(OCC)c(OCC)c(OCC)c3)nnc2SCC(=O)Nc2nccs2)cc1. The Hall–Kier alpha value is -4.30. The Labute approximate surface area is 258 Å². The average Bonchev–Trinajstić information content (AvgIpc) is 3.67. The first-order chi connectivity index (χ1) is 21.0. The van der Waals surface area contributed by atoms with Crippen molar-refractivity contribution in [3.63, 3.8) is 0 Å². The second-order valence-electron chi connectivity index (χ2n) is 8.62. The third-order valence-electron chi connectivity index (χ3n) is 5.70. The van der Waals surface area contributed by atoms with Crippen LogP contribution in [0.15, 0.2) is 53.1 Å². The lowest BCUT2D eigenvalue weighted by Crippen LogP contribution is -2.25. The fraction of sp³-hybridized carbons (Fsp3) is 0.345. The molecular weight excluding hydrogens is 592 g/mol. The predicted octanol–water partition coefficient (Wildman–Crippen LogP) is 4.98. The van der Waals surface area contributed by atoms with Crippen molar-refractivity contribution < 1.29 is 28.5 Å². The molecule has 12 nitrogen and oxygen atoms in total. The maximum Gasteiger partial charge on any atom is 0.251 e. The van der Waals surface area contributed by atoms with Crippen molar-refractivity contribution in [3.8, 4) is 28.7 Å². The number of aromatic nitrogens is 4. The minimum Gasteiger partial charge on any atom is -0.494 e. The van der Waals surface area contributed by atoms with Gasteiger partial charge < -0.3 is 29.6 Å². The van der Waals surface area contributed by atoms with Crippen LogP contribution in [0.5, 0.6) is 23.0 Å². The molecule has 2 aromatic carbocycles. The van der Waals surface area contributed by atoms with Crippen LogP contribution in [0.25, 0.3) is 5.69 Å². The molecule has 0 atom stereocenters. The van der Waals surface area contributed by atoms with Gasteiger partial charge in [0, 0.05) is 22.8 Å². The van der Waals surface area contributed by atoms with E-state index in [2.05, 4.69) is 25.8 Å². The number of anilines is 1. The van der Waals surface area contributed by atoms with E-state index in [4.69, 9.17) is 18.9 Å². The Balaban J connectivity index is 1.56. The molecule has 0 spiro atoms. The molecule has 43 heavy (non-hydrogen) atoms. The number of rotatable bonds is 16. The van der Waals surface area contributed by atoms with E-state index in [1.807, 2.05) is 52.0 Å². The zero-order chi connectivity index (χ0) is 30.6. The van der Waals surface area contributed by atoms with E-state index in [1.165, 1.54) is 23.1 Å². The Morgan fingerprint density at radius 2 is 1.58 bits per heavy atom. The van der Waals surface area contributed by atoms with Gasteiger partial charge >= 0.3 is 0 Å². The van der Waals surface area contributed by atoms with Gasteiger partial charge in [-0.05, 0) is 64.1 Å². The Bertz CT molecular complexity index is 1470. The van der Waals surface area contributed by atoms with Crippen LogP contribution in [0.3, 0.4) is 0 Å². The molecule has 0 aliphatic carbocycles. The van der Waals surface area contributed by atoms with Gasteiger partial charge in [0.25, 0.3) is 5.91 Å². The number of carbonyl (C=O) groups excluding carboxylic acids is 2. The largest absolute Gasteiger partial charge is 0.494 e. The summed E-state index contributed by atoms with van der Waals surface area (Å²) < 4.78 is 24.6. The van der Waals surface area contributed by atoms with E-state index in [0.717, 1.165) is 11.4 Å². The van der Waals surface area contributed by atoms with Crippen molar-refractivity contribution in [2.24, 2.45) is 0 Å². The molecule has 4 aromatic rings. The molecule has 14 heteroatoms. The molecule has 2 aromatic heterocycles. The first-order valence-electron chi connectivity index (χ1n) is 13.8. The summed E-state index contributed by atoms with van der Waals surface area (Å²) in [6.07, 6.45) is 1.62. The van der Waals surface area contributed by atoms with Gasteiger partial charge in [0.15, 0.2) is 27.6 Å². The smallest absolute Gasteiger partial charge is 0.251 e. The Morgan fingerprint density at radius 1 is 0.907 bits per heavy atom. The second-order valence-corrected chi connectivity index (χ2v) is 10.5. The zero-order valence-electron chi connectivity index (χ0n) is 24.4. The fourth-order valence-corrected chi connectivity index (χ4v) is 5.29. The molecule has 2 N–H and O–H groups in total. The van der Waals surface area contributed by atoms with Gasteiger partial charge in [-0.3, -0.25) is 14.2 Å². The second kappa shape index (κ2) is 15.8. The van der Waals surface area contributed by atoms with Crippen molar-refractivity contribution >= 4 is 40.0 Å². The lowest BCUT2D eigenvalue weighted by Gasteiger charge is -2.17. The highest BCUT2D eigenvalue weighted by Gasteiger charge is 2.21. The summed E-state index contributed by atoms with van der Waals surface area (Å²) in [7, 11) is 0. The normalized spacial score (nSPS) is 10.7. The molecule has 0 saturated carbocycles. The topological polar surface area (TPSA) is 139 Å². The summed E-state index contributed by atoms with van der Waals surface area (Å²) >= 11 is 2.56. The van der Waals surface area contributed by atoms with Crippen LogP contribution in [-0.2, 0) is 11.3 Å². The third-order valence-corrected chi connectivity index (χ3v) is 7.31. The van der Waals surface area contributed by atoms with E-state index in [-0.39, 0.29) is 24.1 Å². The van der Waals surface area contributed by atoms with Crippen LogP contribution in [0.4, 0.5) is 5.13 Å². The monoisotopic (exact) mass is 626 g/mol. The van der Waals surface area contributed by atoms with Gasteiger partial charge in [-0.25, -0.2) is 4.98 Å². The average molecular weight is 627 g/mol. The maximum absolute atomic E-state index is 13.3. The van der Waals surface area contributed by atoms with E-state index < -0.39 is 0 Å². The van der Waals surface area contributed by atoms with E-state index >= 15 is 0 Å². The van der Waals surface area contributed by atoms with Crippen LogP contribution in [0.1, 0.15) is 43.9 Å². The van der Waals surface area contributed by atoms with Crippen LogP contribution in [-0.4, -0.2) is 63.7 Å². The van der Waals surface area contributed by atoms with Gasteiger partial charge in [0.05, 0.1) is 38.7 Å². The zero-order valence-corrected chi connectivity index (χ0v) is 26.0. The quantitative estimate of drug-likeness (QED) is 0.164. The number of ether oxygens (including phenoxy) is 4. The highest BCUT2D eigenvalue weighted by Crippen LogP contribution is 2.39. The van der Waals surface area contributed by atoms with Gasteiger partial charge in [-0.15, -0.1) is 21.5 Å². The van der Waals surface area contributed by atoms with Crippen molar-refractivity contribution in [1.82, 2.24) is 25.1 Å². The molecule has 4 rings (SSSR count). The Kier molecular flexibility index (Phi) is 11.6. The molecule has 0 aliphatic rings. The molecule has 0 unspecified atom stereocenters. The van der Waals surface area contributed by atoms with Crippen molar-refractivity contribution in [2.45, 2.75) is 39.4 Å². The fourth-order valence-electron chi connectivity index (χ4n) is 3.98. The van der Waals surface area contributed by atoms with Gasteiger partial charge in [-0.1, -0.05) is 11.8 Å². The molecule has 2 amide bonds. The minimum atomic E-state index is -0.358. The molecule has 0 saturated heterocycles. The molecule has 0 radical (unpaired) electrons. The molecule has 0 aliphatic heterocycles. The summed E-state index contributed by atoms with van der Waals surface area (Å²) in [5, 5.41) is 17.1. The molecule has 0 fully saturated rings. The van der Waals surface area contributed by atoms with E-state index in [9.17, 15) is 9.59 Å². The highest BCUT2D eigenvalue weighted by molar-refractivity contribution is 7.99. The number of nitrogens with one attached hydrogen (secondary N) is 2. The lowest BCUT2D eigenvalue weighted by atomic mass is 10.1. The molecule has 0 bridgehead atoms.